The summed E-state index contributed by atoms with van der Waals surface area (Å²) in [6.07, 6.45) is 3.60. The third-order valence-electron chi connectivity index (χ3n) is 3.70. The van der Waals surface area contributed by atoms with E-state index in [1.807, 2.05) is 19.1 Å². The van der Waals surface area contributed by atoms with Crippen molar-refractivity contribution in [2.45, 2.75) is 40.2 Å². The third kappa shape index (κ3) is 7.64. The highest BCUT2D eigenvalue weighted by Gasteiger charge is 2.11. The predicted molar refractivity (Wildman–Crippen MR) is 98.3 cm³/mol. The van der Waals surface area contributed by atoms with Crippen molar-refractivity contribution in [1.82, 2.24) is 15.6 Å². The number of methoxy groups -OCH3 is 1. The number of aromatic nitrogens is 1. The van der Waals surface area contributed by atoms with Gasteiger partial charge in [-0.05, 0) is 37.7 Å². The average Bonchev–Trinajstić information content (AvgIpc) is 2.57. The fourth-order valence-corrected chi connectivity index (χ4v) is 2.63. The summed E-state index contributed by atoms with van der Waals surface area (Å²) in [4.78, 5) is 8.81. The van der Waals surface area contributed by atoms with Crippen LogP contribution in [0.4, 0.5) is 0 Å². The maximum atomic E-state index is 9.23. The topological polar surface area (TPSA) is 78.8 Å². The van der Waals surface area contributed by atoms with Gasteiger partial charge < -0.3 is 20.5 Å². The molecule has 0 aliphatic carbocycles. The number of guanidine groups is 1. The molecule has 1 heterocycles. The Morgan fingerprint density at radius 2 is 2.17 bits per heavy atom. The van der Waals surface area contributed by atoms with Crippen molar-refractivity contribution in [3.8, 4) is 5.88 Å². The van der Waals surface area contributed by atoms with E-state index in [9.17, 15) is 5.11 Å². The number of aliphatic imine (C=N–C) groups is 1. The van der Waals surface area contributed by atoms with Gasteiger partial charge in [0, 0.05) is 31.5 Å². The highest BCUT2D eigenvalue weighted by molar-refractivity contribution is 5.79. The number of aliphatic hydroxyl groups excluding tert-OH is 1. The van der Waals surface area contributed by atoms with Crippen molar-refractivity contribution >= 4 is 5.96 Å². The monoisotopic (exact) mass is 336 g/mol. The van der Waals surface area contributed by atoms with E-state index in [1.165, 1.54) is 0 Å². The molecule has 136 valence electrons. The summed E-state index contributed by atoms with van der Waals surface area (Å²) < 4.78 is 5.26. The Hall–Kier alpha value is -1.82. The van der Waals surface area contributed by atoms with Crippen molar-refractivity contribution < 1.29 is 9.84 Å². The minimum absolute atomic E-state index is 0.222. The zero-order valence-electron chi connectivity index (χ0n) is 15.4. The van der Waals surface area contributed by atoms with Gasteiger partial charge in [-0.2, -0.15) is 0 Å². The first-order valence-corrected chi connectivity index (χ1v) is 8.71. The molecule has 24 heavy (non-hydrogen) atoms. The molecule has 6 heteroatoms. The summed E-state index contributed by atoms with van der Waals surface area (Å²) >= 11 is 0. The van der Waals surface area contributed by atoms with Crippen LogP contribution in [0.15, 0.2) is 23.3 Å². The molecule has 1 atom stereocenters. The van der Waals surface area contributed by atoms with Crippen LogP contribution in [-0.4, -0.2) is 42.9 Å². The molecule has 6 nitrogen and oxygen atoms in total. The zero-order chi connectivity index (χ0) is 17.8. The first-order chi connectivity index (χ1) is 11.6. The maximum Gasteiger partial charge on any atom is 0.218 e. The molecule has 0 saturated heterocycles. The van der Waals surface area contributed by atoms with Gasteiger partial charge in [-0.15, -0.1) is 0 Å². The predicted octanol–water partition coefficient (Wildman–Crippen LogP) is 2.19. The number of nitrogens with zero attached hydrogens (tertiary/aromatic N) is 2. The first kappa shape index (κ1) is 20.2. The van der Waals surface area contributed by atoms with E-state index in [1.54, 1.807) is 13.3 Å². The summed E-state index contributed by atoms with van der Waals surface area (Å²) in [5.41, 5.74) is 0.950. The van der Waals surface area contributed by atoms with Crippen LogP contribution in [0.25, 0.3) is 0 Å². The maximum absolute atomic E-state index is 9.23. The molecule has 1 aromatic heterocycles. The van der Waals surface area contributed by atoms with Gasteiger partial charge in [0.15, 0.2) is 5.96 Å². The Bertz CT molecular complexity index is 492. The molecule has 0 saturated carbocycles. The molecule has 3 N–H and O–H groups in total. The van der Waals surface area contributed by atoms with Gasteiger partial charge in [0.05, 0.1) is 13.7 Å². The lowest BCUT2D eigenvalue weighted by Gasteiger charge is -2.20. The number of hydrogen-bond acceptors (Lipinski definition) is 4. The zero-order valence-corrected chi connectivity index (χ0v) is 15.4. The molecule has 0 amide bonds. The number of pyridine rings is 1. The molecule has 1 rings (SSSR count). The molecule has 1 unspecified atom stereocenters. The van der Waals surface area contributed by atoms with Gasteiger partial charge in [-0.1, -0.05) is 19.9 Å². The SMILES string of the molecule is CCNC(=NCc1cccnc1OC)NCC(CCO)CC(C)C. The highest BCUT2D eigenvalue weighted by Crippen LogP contribution is 2.15. The summed E-state index contributed by atoms with van der Waals surface area (Å²) in [6, 6.07) is 3.85. The van der Waals surface area contributed by atoms with E-state index in [2.05, 4.69) is 34.5 Å². The second kappa shape index (κ2) is 11.7. The van der Waals surface area contributed by atoms with Gasteiger partial charge in [0.1, 0.15) is 0 Å². The Morgan fingerprint density at radius 3 is 2.79 bits per heavy atom. The third-order valence-corrected chi connectivity index (χ3v) is 3.70. The minimum Gasteiger partial charge on any atom is -0.481 e. The van der Waals surface area contributed by atoms with E-state index >= 15 is 0 Å². The molecule has 1 aromatic rings. The largest absolute Gasteiger partial charge is 0.481 e. The van der Waals surface area contributed by atoms with Crippen molar-refractivity contribution in [1.29, 1.82) is 0 Å². The summed E-state index contributed by atoms with van der Waals surface area (Å²) in [5, 5.41) is 15.9. The second-order valence-electron chi connectivity index (χ2n) is 6.26. The fourth-order valence-electron chi connectivity index (χ4n) is 2.63. The van der Waals surface area contributed by atoms with Crippen molar-refractivity contribution in [3.63, 3.8) is 0 Å². The lowest BCUT2D eigenvalue weighted by molar-refractivity contribution is 0.243. The number of rotatable bonds is 10. The summed E-state index contributed by atoms with van der Waals surface area (Å²) in [5.74, 6) is 2.43. The van der Waals surface area contributed by atoms with Crippen LogP contribution in [0.3, 0.4) is 0 Å². The van der Waals surface area contributed by atoms with E-state index in [0.717, 1.165) is 37.5 Å². The van der Waals surface area contributed by atoms with Gasteiger partial charge in [0.2, 0.25) is 5.88 Å². The molecule has 0 radical (unpaired) electrons. The van der Waals surface area contributed by atoms with Crippen LogP contribution in [0.1, 0.15) is 39.2 Å². The quantitative estimate of drug-likeness (QED) is 0.451. The second-order valence-corrected chi connectivity index (χ2v) is 6.26. The smallest absolute Gasteiger partial charge is 0.218 e. The van der Waals surface area contributed by atoms with E-state index in [0.29, 0.717) is 24.3 Å². The number of aliphatic hydroxyl groups is 1. The van der Waals surface area contributed by atoms with Gasteiger partial charge in [-0.25, -0.2) is 9.98 Å². The van der Waals surface area contributed by atoms with Gasteiger partial charge in [-0.3, -0.25) is 0 Å². The van der Waals surface area contributed by atoms with Crippen molar-refractivity contribution in [3.05, 3.63) is 23.9 Å². The van der Waals surface area contributed by atoms with Crippen LogP contribution in [0.2, 0.25) is 0 Å². The molecule has 0 bridgehead atoms. The highest BCUT2D eigenvalue weighted by atomic mass is 16.5. The minimum atomic E-state index is 0.222. The van der Waals surface area contributed by atoms with E-state index in [4.69, 9.17) is 4.74 Å². The first-order valence-electron chi connectivity index (χ1n) is 8.71. The van der Waals surface area contributed by atoms with Gasteiger partial charge >= 0.3 is 0 Å². The molecular weight excluding hydrogens is 304 g/mol. The van der Waals surface area contributed by atoms with Crippen LogP contribution in [0, 0.1) is 11.8 Å². The standard InChI is InChI=1S/C18H32N4O2/c1-5-19-18(21-12-15(8-10-23)11-14(2)3)22-13-16-7-6-9-20-17(16)24-4/h6-7,9,14-15,23H,5,8,10-13H2,1-4H3,(H2,19,21,22). The molecule has 0 aliphatic heterocycles. The van der Waals surface area contributed by atoms with E-state index < -0.39 is 0 Å². The lowest BCUT2D eigenvalue weighted by atomic mass is 9.94. The molecule has 0 fully saturated rings. The van der Waals surface area contributed by atoms with Crippen LogP contribution in [0.5, 0.6) is 5.88 Å². The van der Waals surface area contributed by atoms with Crippen molar-refractivity contribution in [2.24, 2.45) is 16.8 Å². The van der Waals surface area contributed by atoms with Crippen LogP contribution in [-0.2, 0) is 6.54 Å². The average molecular weight is 336 g/mol. The number of nitrogens with one attached hydrogen (secondary N) is 2. The van der Waals surface area contributed by atoms with E-state index in [-0.39, 0.29) is 6.61 Å². The molecule has 0 aromatic carbocycles. The van der Waals surface area contributed by atoms with Gasteiger partial charge in [0.25, 0.3) is 0 Å². The molecular formula is C18H32N4O2. The Kier molecular flexibility index (Phi) is 9.84. The Labute approximate surface area is 145 Å². The summed E-state index contributed by atoms with van der Waals surface area (Å²) in [7, 11) is 1.62. The fraction of sp³-hybridized carbons (Fsp3) is 0.667. The lowest BCUT2D eigenvalue weighted by Crippen LogP contribution is -2.40. The summed E-state index contributed by atoms with van der Waals surface area (Å²) in [6.45, 7) is 8.78. The molecule has 0 aliphatic rings. The Balaban J connectivity index is 2.67. The van der Waals surface area contributed by atoms with Crippen molar-refractivity contribution in [2.75, 3.05) is 26.8 Å². The number of hydrogen-bond donors (Lipinski definition) is 3. The van der Waals surface area contributed by atoms with Crippen LogP contribution >= 0.6 is 0 Å². The Morgan fingerprint density at radius 1 is 1.38 bits per heavy atom. The van der Waals surface area contributed by atoms with Crippen LogP contribution < -0.4 is 15.4 Å². The number of ether oxygens (including phenoxy) is 1. The molecule has 0 spiro atoms. The normalized spacial score (nSPS) is 13.0.